The van der Waals surface area contributed by atoms with Crippen LogP contribution in [0.5, 0.6) is 0 Å². The number of nitrogens with zero attached hydrogens (tertiary/aromatic N) is 3. The number of hydrogen-bond acceptors (Lipinski definition) is 4. The molecule has 1 aliphatic heterocycles. The highest BCUT2D eigenvalue weighted by atomic mass is 35.5. The largest absolute Gasteiger partial charge is 0.336 e. The Kier molecular flexibility index (Phi) is 8.74. The Hall–Kier alpha value is -3.08. The molecule has 1 heterocycles. The molecular formula is C31H33Cl2N5O. The fraction of sp³-hybridized carbons (Fsp3) is 0.355. The molecule has 0 radical (unpaired) electrons. The first-order chi connectivity index (χ1) is 18.9. The third-order valence-corrected chi connectivity index (χ3v) is 8.01. The van der Waals surface area contributed by atoms with Crippen LogP contribution in [0.1, 0.15) is 36.9 Å². The van der Waals surface area contributed by atoms with E-state index >= 15 is 0 Å². The molecule has 3 aromatic rings. The van der Waals surface area contributed by atoms with Gasteiger partial charge in [0.1, 0.15) is 0 Å². The van der Waals surface area contributed by atoms with Crippen molar-refractivity contribution >= 4 is 34.9 Å². The first kappa shape index (κ1) is 27.5. The van der Waals surface area contributed by atoms with Crippen molar-refractivity contribution < 1.29 is 4.79 Å². The summed E-state index contributed by atoms with van der Waals surface area (Å²) < 4.78 is 0. The molecule has 2 amide bonds. The lowest BCUT2D eigenvalue weighted by atomic mass is 9.97. The predicted molar refractivity (Wildman–Crippen MR) is 158 cm³/mol. The second-order valence-corrected chi connectivity index (χ2v) is 11.5. The molecule has 1 saturated carbocycles. The quantitative estimate of drug-likeness (QED) is 0.317. The van der Waals surface area contributed by atoms with Crippen molar-refractivity contribution in [2.24, 2.45) is 5.92 Å². The summed E-state index contributed by atoms with van der Waals surface area (Å²) in [6.07, 6.45) is 2.72. The Balaban J connectivity index is 1.32. The fourth-order valence-corrected chi connectivity index (χ4v) is 5.95. The van der Waals surface area contributed by atoms with Crippen molar-refractivity contribution in [3.63, 3.8) is 0 Å². The van der Waals surface area contributed by atoms with E-state index in [4.69, 9.17) is 23.2 Å². The number of hydrogen-bond donors (Lipinski definition) is 2. The molecule has 2 N–H and O–H groups in total. The summed E-state index contributed by atoms with van der Waals surface area (Å²) in [4.78, 5) is 17.9. The number of urea groups is 1. The van der Waals surface area contributed by atoms with Gasteiger partial charge in [0.25, 0.3) is 0 Å². The maximum Gasteiger partial charge on any atom is 0.319 e. The number of halogens is 2. The Morgan fingerprint density at radius 3 is 2.44 bits per heavy atom. The average molecular weight is 563 g/mol. The highest BCUT2D eigenvalue weighted by molar-refractivity contribution is 6.35. The molecule has 3 aromatic carbocycles. The van der Waals surface area contributed by atoms with Crippen molar-refractivity contribution in [2.45, 2.75) is 31.8 Å². The molecular weight excluding hydrogens is 529 g/mol. The monoisotopic (exact) mass is 561 g/mol. The molecule has 2 fully saturated rings. The maximum atomic E-state index is 12.9. The summed E-state index contributed by atoms with van der Waals surface area (Å²) in [5.41, 5.74) is 4.40. The van der Waals surface area contributed by atoms with Gasteiger partial charge in [0.15, 0.2) is 0 Å². The standard InChI is InChI=1S/C31H33Cl2N5O/c1-21-19-37(20-22-5-6-22)11-12-38(21)30(18-35-31(39)36-29-15-27(32)14-28(33)16-29)25-9-7-24(8-10-25)26-4-2-3-23(13-26)17-34/h2-4,7-10,13-16,21-22,30H,5-6,11-12,18-20H2,1H3,(H2,35,36,39)/t21-,30-/m0/s1. The highest BCUT2D eigenvalue weighted by Gasteiger charge is 2.33. The Bertz CT molecular complexity index is 1330. The van der Waals surface area contributed by atoms with Gasteiger partial charge in [0, 0.05) is 54.5 Å². The Morgan fingerprint density at radius 1 is 1.03 bits per heavy atom. The zero-order valence-electron chi connectivity index (χ0n) is 22.0. The number of benzene rings is 3. The number of nitrogens with one attached hydrogen (secondary N) is 2. The first-order valence-corrected chi connectivity index (χ1v) is 14.2. The number of piperazine rings is 1. The first-order valence-electron chi connectivity index (χ1n) is 13.5. The van der Waals surface area contributed by atoms with Crippen LogP contribution in [0.3, 0.4) is 0 Å². The van der Waals surface area contributed by atoms with E-state index in [9.17, 15) is 10.1 Å². The molecule has 1 saturated heterocycles. The summed E-state index contributed by atoms with van der Waals surface area (Å²) in [5, 5.41) is 16.1. The molecule has 202 valence electrons. The third-order valence-electron chi connectivity index (χ3n) is 7.57. The van der Waals surface area contributed by atoms with Gasteiger partial charge in [-0.2, -0.15) is 5.26 Å². The number of amides is 2. The maximum absolute atomic E-state index is 12.9. The topological polar surface area (TPSA) is 71.4 Å². The second-order valence-electron chi connectivity index (χ2n) is 10.6. The molecule has 2 aliphatic rings. The van der Waals surface area contributed by atoms with Gasteiger partial charge in [-0.3, -0.25) is 4.90 Å². The van der Waals surface area contributed by atoms with E-state index < -0.39 is 0 Å². The summed E-state index contributed by atoms with van der Waals surface area (Å²) in [6.45, 7) is 6.93. The molecule has 8 heteroatoms. The van der Waals surface area contributed by atoms with Crippen LogP contribution in [0.2, 0.25) is 10.0 Å². The van der Waals surface area contributed by atoms with E-state index in [0.717, 1.165) is 42.2 Å². The van der Waals surface area contributed by atoms with Gasteiger partial charge in [-0.1, -0.05) is 59.6 Å². The predicted octanol–water partition coefficient (Wildman–Crippen LogP) is 6.81. The average Bonchev–Trinajstić information content (AvgIpc) is 3.73. The van der Waals surface area contributed by atoms with Crippen LogP contribution in [0, 0.1) is 17.2 Å². The summed E-state index contributed by atoms with van der Waals surface area (Å²) in [6, 6.07) is 23.4. The van der Waals surface area contributed by atoms with Gasteiger partial charge < -0.3 is 15.5 Å². The summed E-state index contributed by atoms with van der Waals surface area (Å²) in [5.74, 6) is 0.872. The van der Waals surface area contributed by atoms with Crippen molar-refractivity contribution in [2.75, 3.05) is 38.0 Å². The van der Waals surface area contributed by atoms with Crippen LogP contribution in [0.4, 0.5) is 10.5 Å². The number of anilines is 1. The molecule has 0 aromatic heterocycles. The lowest BCUT2D eigenvalue weighted by Crippen LogP contribution is -2.55. The van der Waals surface area contributed by atoms with Crippen LogP contribution in [0.15, 0.2) is 66.7 Å². The normalized spacial score (nSPS) is 18.8. The molecule has 0 bridgehead atoms. The minimum Gasteiger partial charge on any atom is -0.336 e. The number of nitriles is 1. The highest BCUT2D eigenvalue weighted by Crippen LogP contribution is 2.32. The number of rotatable bonds is 8. The van der Waals surface area contributed by atoms with E-state index in [1.165, 1.54) is 19.4 Å². The van der Waals surface area contributed by atoms with Gasteiger partial charge in [0.2, 0.25) is 0 Å². The number of carbonyl (C=O) groups excluding carboxylic acids is 1. The van der Waals surface area contributed by atoms with Crippen molar-refractivity contribution in [3.8, 4) is 17.2 Å². The molecule has 0 unspecified atom stereocenters. The minimum absolute atomic E-state index is 0.0104. The second kappa shape index (κ2) is 12.4. The van der Waals surface area contributed by atoms with E-state index in [1.54, 1.807) is 18.2 Å². The fourth-order valence-electron chi connectivity index (χ4n) is 5.42. The Labute approximate surface area is 240 Å². The lowest BCUT2D eigenvalue weighted by Gasteiger charge is -2.44. The van der Waals surface area contributed by atoms with Crippen molar-refractivity contribution in [1.82, 2.24) is 15.1 Å². The van der Waals surface area contributed by atoms with Crippen LogP contribution in [-0.4, -0.2) is 54.6 Å². The molecule has 1 aliphatic carbocycles. The molecule has 5 rings (SSSR count). The van der Waals surface area contributed by atoms with E-state index in [-0.39, 0.29) is 12.1 Å². The molecule has 39 heavy (non-hydrogen) atoms. The minimum atomic E-state index is -0.303. The van der Waals surface area contributed by atoms with E-state index in [1.807, 2.05) is 24.3 Å². The molecule has 0 spiro atoms. The van der Waals surface area contributed by atoms with Gasteiger partial charge >= 0.3 is 6.03 Å². The smallest absolute Gasteiger partial charge is 0.319 e. The zero-order chi connectivity index (χ0) is 27.4. The summed E-state index contributed by atoms with van der Waals surface area (Å²) >= 11 is 12.2. The van der Waals surface area contributed by atoms with Crippen LogP contribution >= 0.6 is 23.2 Å². The third kappa shape index (κ3) is 7.32. The van der Waals surface area contributed by atoms with Gasteiger partial charge in [-0.15, -0.1) is 0 Å². The van der Waals surface area contributed by atoms with Gasteiger partial charge in [-0.05, 0) is 72.7 Å². The zero-order valence-corrected chi connectivity index (χ0v) is 23.6. The SMILES string of the molecule is C[C@H]1CN(CC2CC2)CCN1[C@@H](CNC(=O)Nc1cc(Cl)cc(Cl)c1)c1ccc(-c2cccc(C#N)c2)cc1. The van der Waals surface area contributed by atoms with Crippen LogP contribution in [-0.2, 0) is 0 Å². The van der Waals surface area contributed by atoms with Crippen LogP contribution < -0.4 is 10.6 Å². The number of carbonyl (C=O) groups is 1. The van der Waals surface area contributed by atoms with Gasteiger partial charge in [0.05, 0.1) is 17.7 Å². The van der Waals surface area contributed by atoms with E-state index in [2.05, 4.69) is 57.7 Å². The Morgan fingerprint density at radius 2 is 1.77 bits per heavy atom. The van der Waals surface area contributed by atoms with E-state index in [0.29, 0.717) is 33.9 Å². The molecule has 2 atom stereocenters. The lowest BCUT2D eigenvalue weighted by molar-refractivity contribution is 0.0468. The molecule has 6 nitrogen and oxygen atoms in total. The van der Waals surface area contributed by atoms with Crippen molar-refractivity contribution in [1.29, 1.82) is 5.26 Å². The van der Waals surface area contributed by atoms with Crippen molar-refractivity contribution in [3.05, 3.63) is 87.9 Å². The summed E-state index contributed by atoms with van der Waals surface area (Å²) in [7, 11) is 0. The van der Waals surface area contributed by atoms with Crippen LogP contribution in [0.25, 0.3) is 11.1 Å². The van der Waals surface area contributed by atoms with Gasteiger partial charge in [-0.25, -0.2) is 4.79 Å².